The maximum atomic E-state index is 11.7. The Morgan fingerprint density at radius 1 is 1.53 bits per heavy atom. The van der Waals surface area contributed by atoms with Crippen molar-refractivity contribution in [3.05, 3.63) is 0 Å². The molecule has 0 radical (unpaired) electrons. The summed E-state index contributed by atoms with van der Waals surface area (Å²) in [7, 11) is 0. The van der Waals surface area contributed by atoms with E-state index < -0.39 is 0 Å². The highest BCUT2D eigenvalue weighted by atomic mass is 16.5. The van der Waals surface area contributed by atoms with E-state index >= 15 is 0 Å². The zero-order valence-corrected chi connectivity index (χ0v) is 10.9. The van der Waals surface area contributed by atoms with Crippen molar-refractivity contribution in [2.75, 3.05) is 6.61 Å². The number of rotatable bonds is 6. The van der Waals surface area contributed by atoms with E-state index in [0.29, 0.717) is 18.4 Å². The third-order valence-electron chi connectivity index (χ3n) is 3.19. The molecule has 0 saturated heterocycles. The molecule has 4 nitrogen and oxygen atoms in total. The fourth-order valence-electron chi connectivity index (χ4n) is 2.06. The summed E-state index contributed by atoms with van der Waals surface area (Å²) in [5.74, 6) is 0.574. The summed E-state index contributed by atoms with van der Waals surface area (Å²) in [6, 6.07) is 1.74. The third kappa shape index (κ3) is 4.35. The van der Waals surface area contributed by atoms with Crippen molar-refractivity contribution in [2.24, 2.45) is 11.8 Å². The maximum absolute atomic E-state index is 11.7. The summed E-state index contributed by atoms with van der Waals surface area (Å²) in [6.45, 7) is 6.60. The summed E-state index contributed by atoms with van der Waals surface area (Å²) in [5.41, 5.74) is 0. The minimum absolute atomic E-state index is 0.00908. The van der Waals surface area contributed by atoms with Crippen LogP contribution >= 0.6 is 0 Å². The molecule has 1 fully saturated rings. The van der Waals surface area contributed by atoms with E-state index in [-0.39, 0.29) is 17.9 Å². The molecule has 1 atom stereocenters. The Morgan fingerprint density at radius 2 is 2.18 bits per heavy atom. The quantitative estimate of drug-likeness (QED) is 0.768. The topological polar surface area (TPSA) is 62.1 Å². The predicted molar refractivity (Wildman–Crippen MR) is 65.1 cm³/mol. The van der Waals surface area contributed by atoms with Gasteiger partial charge in [0.1, 0.15) is 6.04 Å². The Bertz CT molecular complexity index is 290. The second-order valence-corrected chi connectivity index (χ2v) is 5.04. The lowest BCUT2D eigenvalue weighted by molar-refractivity contribution is -0.124. The highest BCUT2D eigenvalue weighted by Crippen LogP contribution is 2.32. The van der Waals surface area contributed by atoms with E-state index in [4.69, 9.17) is 10.00 Å². The highest BCUT2D eigenvalue weighted by molar-refractivity contribution is 5.77. The predicted octanol–water partition coefficient (Wildman–Crippen LogP) is 1.86. The van der Waals surface area contributed by atoms with Gasteiger partial charge in [-0.3, -0.25) is 4.79 Å². The summed E-state index contributed by atoms with van der Waals surface area (Å²) in [5, 5.41) is 11.6. The van der Waals surface area contributed by atoms with Gasteiger partial charge in [-0.25, -0.2) is 0 Å². The molecule has 1 amide bonds. The zero-order valence-electron chi connectivity index (χ0n) is 10.9. The monoisotopic (exact) mass is 238 g/mol. The lowest BCUT2D eigenvalue weighted by atomic mass is 9.80. The number of hydrogen-bond acceptors (Lipinski definition) is 3. The van der Waals surface area contributed by atoms with Gasteiger partial charge in [-0.2, -0.15) is 5.26 Å². The van der Waals surface area contributed by atoms with Crippen LogP contribution in [-0.2, 0) is 9.53 Å². The molecule has 0 spiro atoms. The molecule has 1 saturated carbocycles. The molecule has 0 aromatic rings. The minimum atomic E-state index is -0.370. The Morgan fingerprint density at radius 3 is 2.65 bits per heavy atom. The van der Waals surface area contributed by atoms with Gasteiger partial charge in [-0.15, -0.1) is 0 Å². The number of carbonyl (C=O) groups is 1. The van der Waals surface area contributed by atoms with Gasteiger partial charge in [0.2, 0.25) is 5.91 Å². The number of amides is 1. The largest absolute Gasteiger partial charge is 0.378 e. The maximum Gasteiger partial charge on any atom is 0.221 e. The van der Waals surface area contributed by atoms with Crippen LogP contribution in [0.1, 0.15) is 40.0 Å². The van der Waals surface area contributed by atoms with E-state index in [0.717, 1.165) is 19.4 Å². The number of hydrogen-bond donors (Lipinski definition) is 1. The first-order valence-corrected chi connectivity index (χ1v) is 6.37. The molecule has 0 bridgehead atoms. The van der Waals surface area contributed by atoms with Gasteiger partial charge < -0.3 is 10.1 Å². The van der Waals surface area contributed by atoms with Gasteiger partial charge in [0.05, 0.1) is 12.2 Å². The minimum Gasteiger partial charge on any atom is -0.378 e. The number of ether oxygens (including phenoxy) is 1. The number of nitrogens with zero attached hydrogens (tertiary/aromatic N) is 1. The van der Waals surface area contributed by atoms with Crippen LogP contribution in [0.3, 0.4) is 0 Å². The summed E-state index contributed by atoms with van der Waals surface area (Å²) in [6.07, 6.45) is 2.81. The number of carbonyl (C=O) groups excluding carboxylic acids is 1. The van der Waals surface area contributed by atoms with E-state index in [1.54, 1.807) is 0 Å². The van der Waals surface area contributed by atoms with Gasteiger partial charge in [0.25, 0.3) is 0 Å². The molecule has 4 heteroatoms. The molecule has 17 heavy (non-hydrogen) atoms. The fraction of sp³-hybridized carbons (Fsp3) is 0.846. The zero-order chi connectivity index (χ0) is 12.8. The van der Waals surface area contributed by atoms with Crippen LogP contribution in [0, 0.1) is 23.2 Å². The molecule has 1 aliphatic rings. The lowest BCUT2D eigenvalue weighted by Gasteiger charge is -2.34. The van der Waals surface area contributed by atoms with Gasteiger partial charge in [-0.1, -0.05) is 13.8 Å². The van der Waals surface area contributed by atoms with Crippen molar-refractivity contribution in [1.29, 1.82) is 5.26 Å². The second kappa shape index (κ2) is 6.61. The standard InChI is InChI=1S/C13H22N2O2/c1-4-17-11-5-10(6-11)7-13(16)15-12(8-14)9(2)3/h9-12H,4-7H2,1-3H3,(H,15,16). The number of nitrogens with one attached hydrogen (secondary N) is 1. The van der Waals surface area contributed by atoms with Gasteiger partial charge in [-0.05, 0) is 31.6 Å². The van der Waals surface area contributed by atoms with Crippen molar-refractivity contribution >= 4 is 5.91 Å². The third-order valence-corrected chi connectivity index (χ3v) is 3.19. The second-order valence-electron chi connectivity index (χ2n) is 5.04. The molecule has 1 unspecified atom stereocenters. The van der Waals surface area contributed by atoms with Crippen LogP contribution < -0.4 is 5.32 Å². The van der Waals surface area contributed by atoms with Crippen LogP contribution in [-0.4, -0.2) is 24.7 Å². The molecule has 96 valence electrons. The molecule has 0 aromatic carbocycles. The van der Waals surface area contributed by atoms with Crippen molar-refractivity contribution < 1.29 is 9.53 Å². The molecule has 1 N–H and O–H groups in total. The lowest BCUT2D eigenvalue weighted by Crippen LogP contribution is -2.41. The van der Waals surface area contributed by atoms with Crippen molar-refractivity contribution in [1.82, 2.24) is 5.32 Å². The Kier molecular flexibility index (Phi) is 5.43. The van der Waals surface area contributed by atoms with Crippen LogP contribution in [0.5, 0.6) is 0 Å². The van der Waals surface area contributed by atoms with E-state index in [9.17, 15) is 4.79 Å². The van der Waals surface area contributed by atoms with Crippen molar-refractivity contribution in [2.45, 2.75) is 52.2 Å². The van der Waals surface area contributed by atoms with E-state index in [2.05, 4.69) is 11.4 Å². The smallest absolute Gasteiger partial charge is 0.221 e. The first-order valence-electron chi connectivity index (χ1n) is 6.37. The summed E-state index contributed by atoms with van der Waals surface area (Å²) < 4.78 is 5.45. The van der Waals surface area contributed by atoms with Crippen LogP contribution in [0.15, 0.2) is 0 Å². The van der Waals surface area contributed by atoms with Crippen molar-refractivity contribution in [3.8, 4) is 6.07 Å². The normalized spacial score (nSPS) is 24.9. The summed E-state index contributed by atoms with van der Waals surface area (Å²) in [4.78, 5) is 11.7. The van der Waals surface area contributed by atoms with Gasteiger partial charge in [0, 0.05) is 13.0 Å². The molecule has 0 aliphatic heterocycles. The van der Waals surface area contributed by atoms with E-state index in [1.165, 1.54) is 0 Å². The van der Waals surface area contributed by atoms with Crippen LogP contribution in [0.25, 0.3) is 0 Å². The fourth-order valence-corrected chi connectivity index (χ4v) is 2.06. The Balaban J connectivity index is 2.21. The molecule has 0 heterocycles. The molecule has 0 aromatic heterocycles. The first kappa shape index (κ1) is 14.0. The SMILES string of the molecule is CCOC1CC(CC(=O)NC(C#N)C(C)C)C1. The van der Waals surface area contributed by atoms with Gasteiger partial charge in [0.15, 0.2) is 0 Å². The molecule has 1 rings (SSSR count). The van der Waals surface area contributed by atoms with Crippen molar-refractivity contribution in [3.63, 3.8) is 0 Å². The average molecular weight is 238 g/mol. The number of nitriles is 1. The Hall–Kier alpha value is -1.08. The van der Waals surface area contributed by atoms with Crippen LogP contribution in [0.2, 0.25) is 0 Å². The van der Waals surface area contributed by atoms with E-state index in [1.807, 2.05) is 20.8 Å². The molecular weight excluding hydrogens is 216 g/mol. The first-order chi connectivity index (χ1) is 8.06. The van der Waals surface area contributed by atoms with Gasteiger partial charge >= 0.3 is 0 Å². The molecule has 1 aliphatic carbocycles. The average Bonchev–Trinajstić information content (AvgIpc) is 2.22. The Labute approximate surface area is 103 Å². The highest BCUT2D eigenvalue weighted by Gasteiger charge is 2.31. The molecular formula is C13H22N2O2. The summed E-state index contributed by atoms with van der Waals surface area (Å²) >= 11 is 0. The van der Waals surface area contributed by atoms with Crippen LogP contribution in [0.4, 0.5) is 0 Å².